The van der Waals surface area contributed by atoms with Gasteiger partial charge in [-0.15, -0.1) is 6.58 Å². The van der Waals surface area contributed by atoms with Crippen LogP contribution in [0.2, 0.25) is 0 Å². The smallest absolute Gasteiger partial charge is 0.203 e. The van der Waals surface area contributed by atoms with Crippen LogP contribution in [0.1, 0.15) is 30.9 Å². The maximum atomic E-state index is 10.2. The molecule has 4 heteroatoms. The second-order valence-electron chi connectivity index (χ2n) is 4.19. The van der Waals surface area contributed by atoms with Crippen LogP contribution in [0.3, 0.4) is 0 Å². The Morgan fingerprint density at radius 3 is 2.16 bits per heavy atom. The Balaban J connectivity index is 2.98. The SMILES string of the molecule is C=CCCCC(O)c1cc(OC)c(OC)c(OC)c1. The molecule has 0 saturated carbocycles. The maximum Gasteiger partial charge on any atom is 0.203 e. The molecule has 0 heterocycles. The predicted molar refractivity (Wildman–Crippen MR) is 75.1 cm³/mol. The second-order valence-corrected chi connectivity index (χ2v) is 4.19. The van der Waals surface area contributed by atoms with E-state index >= 15 is 0 Å². The molecule has 4 nitrogen and oxygen atoms in total. The molecule has 0 aliphatic heterocycles. The van der Waals surface area contributed by atoms with Gasteiger partial charge in [0.15, 0.2) is 11.5 Å². The summed E-state index contributed by atoms with van der Waals surface area (Å²) >= 11 is 0. The van der Waals surface area contributed by atoms with E-state index < -0.39 is 6.10 Å². The standard InChI is InChI=1S/C15H22O4/c1-5-6-7-8-12(16)11-9-13(17-2)15(19-4)14(10-11)18-3/h5,9-10,12,16H,1,6-8H2,2-4H3. The van der Waals surface area contributed by atoms with Crippen molar-refractivity contribution in [3.05, 3.63) is 30.4 Å². The van der Waals surface area contributed by atoms with Gasteiger partial charge in [-0.3, -0.25) is 0 Å². The van der Waals surface area contributed by atoms with Gasteiger partial charge in [0.2, 0.25) is 5.75 Å². The lowest BCUT2D eigenvalue weighted by Crippen LogP contribution is -2.01. The minimum Gasteiger partial charge on any atom is -0.493 e. The van der Waals surface area contributed by atoms with Gasteiger partial charge >= 0.3 is 0 Å². The van der Waals surface area contributed by atoms with Crippen molar-refractivity contribution in [1.82, 2.24) is 0 Å². The number of unbranched alkanes of at least 4 members (excludes halogenated alkanes) is 1. The normalized spacial score (nSPS) is 11.8. The highest BCUT2D eigenvalue weighted by molar-refractivity contribution is 5.54. The molecule has 1 aromatic rings. The van der Waals surface area contributed by atoms with E-state index in [1.54, 1.807) is 33.5 Å². The molecule has 1 rings (SSSR count). The number of hydrogen-bond acceptors (Lipinski definition) is 4. The van der Waals surface area contributed by atoms with E-state index in [-0.39, 0.29) is 0 Å². The van der Waals surface area contributed by atoms with Crippen LogP contribution in [-0.2, 0) is 0 Å². The lowest BCUT2D eigenvalue weighted by Gasteiger charge is -2.17. The van der Waals surface area contributed by atoms with Crippen molar-refractivity contribution in [3.63, 3.8) is 0 Å². The molecule has 1 aromatic carbocycles. The summed E-state index contributed by atoms with van der Waals surface area (Å²) in [5.41, 5.74) is 0.763. The fourth-order valence-corrected chi connectivity index (χ4v) is 1.92. The van der Waals surface area contributed by atoms with Crippen molar-refractivity contribution in [1.29, 1.82) is 0 Å². The average Bonchev–Trinajstić information content (AvgIpc) is 2.45. The van der Waals surface area contributed by atoms with E-state index in [2.05, 4.69) is 6.58 Å². The molecule has 1 unspecified atom stereocenters. The highest BCUT2D eigenvalue weighted by Crippen LogP contribution is 2.40. The Kier molecular flexibility index (Phi) is 6.22. The third-order valence-electron chi connectivity index (χ3n) is 2.96. The fraction of sp³-hybridized carbons (Fsp3) is 0.467. The first-order chi connectivity index (χ1) is 9.17. The van der Waals surface area contributed by atoms with Crippen LogP contribution in [0, 0.1) is 0 Å². The minimum absolute atomic E-state index is 0.534. The van der Waals surface area contributed by atoms with Gasteiger partial charge in [-0.1, -0.05) is 6.08 Å². The molecule has 106 valence electrons. The number of hydrogen-bond donors (Lipinski definition) is 1. The first-order valence-electron chi connectivity index (χ1n) is 6.26. The van der Waals surface area contributed by atoms with E-state index in [1.165, 1.54) is 0 Å². The van der Waals surface area contributed by atoms with Gasteiger partial charge in [0.05, 0.1) is 27.4 Å². The van der Waals surface area contributed by atoms with Gasteiger partial charge in [-0.2, -0.15) is 0 Å². The van der Waals surface area contributed by atoms with Crippen molar-refractivity contribution in [2.24, 2.45) is 0 Å². The van der Waals surface area contributed by atoms with Crippen LogP contribution in [0.25, 0.3) is 0 Å². The van der Waals surface area contributed by atoms with Gasteiger partial charge in [0.1, 0.15) is 0 Å². The summed E-state index contributed by atoms with van der Waals surface area (Å²) in [4.78, 5) is 0. The molecular weight excluding hydrogens is 244 g/mol. The maximum absolute atomic E-state index is 10.2. The van der Waals surface area contributed by atoms with E-state index in [0.29, 0.717) is 23.7 Å². The Morgan fingerprint density at radius 1 is 1.16 bits per heavy atom. The lowest BCUT2D eigenvalue weighted by molar-refractivity contribution is 0.164. The number of allylic oxidation sites excluding steroid dienone is 1. The molecule has 19 heavy (non-hydrogen) atoms. The Hall–Kier alpha value is -1.68. The summed E-state index contributed by atoms with van der Waals surface area (Å²) < 4.78 is 15.8. The molecular formula is C15H22O4. The summed E-state index contributed by atoms with van der Waals surface area (Å²) in [6.45, 7) is 3.67. The third-order valence-corrected chi connectivity index (χ3v) is 2.96. The molecule has 0 aromatic heterocycles. The predicted octanol–water partition coefficient (Wildman–Crippen LogP) is 3.10. The molecule has 0 radical (unpaired) electrons. The number of aliphatic hydroxyl groups excluding tert-OH is 1. The average molecular weight is 266 g/mol. The van der Waals surface area contributed by atoms with E-state index in [0.717, 1.165) is 18.4 Å². The Bertz CT molecular complexity index is 390. The molecule has 0 aliphatic rings. The van der Waals surface area contributed by atoms with Crippen LogP contribution >= 0.6 is 0 Å². The first kappa shape index (κ1) is 15.4. The van der Waals surface area contributed by atoms with Crippen molar-refractivity contribution in [3.8, 4) is 17.2 Å². The molecule has 0 saturated heterocycles. The highest BCUT2D eigenvalue weighted by Gasteiger charge is 2.16. The van der Waals surface area contributed by atoms with Gasteiger partial charge < -0.3 is 19.3 Å². The highest BCUT2D eigenvalue weighted by atomic mass is 16.5. The summed E-state index contributed by atoms with van der Waals surface area (Å²) in [7, 11) is 4.68. The molecule has 0 spiro atoms. The second kappa shape index (κ2) is 7.69. The largest absolute Gasteiger partial charge is 0.493 e. The third kappa shape index (κ3) is 3.89. The summed E-state index contributed by atoms with van der Waals surface area (Å²) in [6, 6.07) is 3.56. The van der Waals surface area contributed by atoms with E-state index in [1.807, 2.05) is 6.08 Å². The van der Waals surface area contributed by atoms with Crippen LogP contribution < -0.4 is 14.2 Å². The number of aliphatic hydroxyl groups is 1. The topological polar surface area (TPSA) is 47.9 Å². The van der Waals surface area contributed by atoms with Gasteiger partial charge in [0, 0.05) is 0 Å². The van der Waals surface area contributed by atoms with Crippen LogP contribution in [0.5, 0.6) is 17.2 Å². The van der Waals surface area contributed by atoms with Crippen molar-refractivity contribution in [2.45, 2.75) is 25.4 Å². The zero-order chi connectivity index (χ0) is 14.3. The summed E-state index contributed by atoms with van der Waals surface area (Å²) in [6.07, 6.45) is 3.75. The summed E-state index contributed by atoms with van der Waals surface area (Å²) in [5, 5.41) is 10.2. The molecule has 0 fully saturated rings. The van der Waals surface area contributed by atoms with Crippen LogP contribution in [0.4, 0.5) is 0 Å². The number of methoxy groups -OCH3 is 3. The molecule has 0 aliphatic carbocycles. The van der Waals surface area contributed by atoms with Crippen LogP contribution in [-0.4, -0.2) is 26.4 Å². The lowest BCUT2D eigenvalue weighted by atomic mass is 10.0. The van der Waals surface area contributed by atoms with Gasteiger partial charge in [-0.25, -0.2) is 0 Å². The molecule has 0 amide bonds. The monoisotopic (exact) mass is 266 g/mol. The quantitative estimate of drug-likeness (QED) is 0.580. The van der Waals surface area contributed by atoms with E-state index in [4.69, 9.17) is 14.2 Å². The van der Waals surface area contributed by atoms with Gasteiger partial charge in [-0.05, 0) is 37.0 Å². The molecule has 1 N–H and O–H groups in total. The minimum atomic E-state index is -0.548. The van der Waals surface area contributed by atoms with Crippen molar-refractivity contribution in [2.75, 3.05) is 21.3 Å². The zero-order valence-corrected chi connectivity index (χ0v) is 11.8. The Labute approximate surface area is 114 Å². The number of benzene rings is 1. The Morgan fingerprint density at radius 2 is 1.74 bits per heavy atom. The summed E-state index contributed by atoms with van der Waals surface area (Å²) in [5.74, 6) is 1.64. The van der Waals surface area contributed by atoms with Gasteiger partial charge in [0.25, 0.3) is 0 Å². The van der Waals surface area contributed by atoms with Crippen LogP contribution in [0.15, 0.2) is 24.8 Å². The van der Waals surface area contributed by atoms with Crippen molar-refractivity contribution >= 4 is 0 Å². The first-order valence-corrected chi connectivity index (χ1v) is 6.26. The number of ether oxygens (including phenoxy) is 3. The molecule has 0 bridgehead atoms. The molecule has 1 atom stereocenters. The van der Waals surface area contributed by atoms with Crippen molar-refractivity contribution < 1.29 is 19.3 Å². The van der Waals surface area contributed by atoms with E-state index in [9.17, 15) is 5.11 Å². The number of rotatable bonds is 8. The zero-order valence-electron chi connectivity index (χ0n) is 11.8. The fourth-order valence-electron chi connectivity index (χ4n) is 1.92.